The second-order valence-corrected chi connectivity index (χ2v) is 5.83. The maximum Gasteiger partial charge on any atom is 0.124 e. The van der Waals surface area contributed by atoms with Gasteiger partial charge in [0.05, 0.1) is 6.61 Å². The van der Waals surface area contributed by atoms with E-state index in [1.807, 2.05) is 12.1 Å². The van der Waals surface area contributed by atoms with Crippen molar-refractivity contribution < 1.29 is 9.47 Å². The molecular formula is C15H22BrNO2. The second-order valence-electron chi connectivity index (χ2n) is 4.92. The molecule has 1 saturated heterocycles. The molecule has 19 heavy (non-hydrogen) atoms. The number of hydrogen-bond donors (Lipinski definition) is 1. The van der Waals surface area contributed by atoms with Gasteiger partial charge in [0.15, 0.2) is 0 Å². The molecule has 2 atom stereocenters. The fourth-order valence-corrected chi connectivity index (χ4v) is 2.74. The van der Waals surface area contributed by atoms with E-state index in [4.69, 9.17) is 9.47 Å². The molecule has 0 radical (unpaired) electrons. The van der Waals surface area contributed by atoms with Crippen LogP contribution in [0.25, 0.3) is 0 Å². The first-order chi connectivity index (χ1) is 9.20. The van der Waals surface area contributed by atoms with Crippen LogP contribution in [0.15, 0.2) is 22.7 Å². The summed E-state index contributed by atoms with van der Waals surface area (Å²) in [7, 11) is 0. The standard InChI is InChI=1S/C15H22BrNO2/c1-3-17-11(2)14-9-12(16)6-7-15(14)19-13-5-4-8-18-10-13/h6-7,9,11,13,17H,3-5,8,10H2,1-2H3. The third-order valence-corrected chi connectivity index (χ3v) is 3.85. The molecule has 1 aromatic rings. The van der Waals surface area contributed by atoms with E-state index in [-0.39, 0.29) is 12.1 Å². The van der Waals surface area contributed by atoms with Gasteiger partial charge < -0.3 is 14.8 Å². The van der Waals surface area contributed by atoms with Gasteiger partial charge in [0.1, 0.15) is 11.9 Å². The van der Waals surface area contributed by atoms with Crippen molar-refractivity contribution in [3.05, 3.63) is 28.2 Å². The summed E-state index contributed by atoms with van der Waals surface area (Å²) in [6.07, 6.45) is 2.34. The largest absolute Gasteiger partial charge is 0.488 e. The monoisotopic (exact) mass is 327 g/mol. The lowest BCUT2D eigenvalue weighted by molar-refractivity contribution is 0.00686. The number of halogens is 1. The van der Waals surface area contributed by atoms with Crippen LogP contribution in [0, 0.1) is 0 Å². The van der Waals surface area contributed by atoms with Crippen LogP contribution in [-0.4, -0.2) is 25.9 Å². The lowest BCUT2D eigenvalue weighted by Gasteiger charge is -2.26. The summed E-state index contributed by atoms with van der Waals surface area (Å²) in [5, 5.41) is 3.43. The predicted octanol–water partition coefficient (Wildman–Crippen LogP) is 3.68. The third kappa shape index (κ3) is 4.20. The number of hydrogen-bond acceptors (Lipinski definition) is 3. The fourth-order valence-electron chi connectivity index (χ4n) is 2.36. The van der Waals surface area contributed by atoms with Gasteiger partial charge in [-0.2, -0.15) is 0 Å². The van der Waals surface area contributed by atoms with Gasteiger partial charge in [-0.1, -0.05) is 22.9 Å². The van der Waals surface area contributed by atoms with Gasteiger partial charge in [0.25, 0.3) is 0 Å². The van der Waals surface area contributed by atoms with Gasteiger partial charge in [-0.15, -0.1) is 0 Å². The van der Waals surface area contributed by atoms with Crippen LogP contribution in [0.1, 0.15) is 38.3 Å². The van der Waals surface area contributed by atoms with Crippen LogP contribution in [-0.2, 0) is 4.74 Å². The summed E-state index contributed by atoms with van der Waals surface area (Å²) >= 11 is 3.53. The number of benzene rings is 1. The summed E-state index contributed by atoms with van der Waals surface area (Å²) in [6.45, 7) is 6.78. The van der Waals surface area contributed by atoms with Crippen LogP contribution in [0.3, 0.4) is 0 Å². The van der Waals surface area contributed by atoms with Crippen molar-refractivity contribution in [3.8, 4) is 5.75 Å². The topological polar surface area (TPSA) is 30.5 Å². The Morgan fingerprint density at radius 1 is 1.53 bits per heavy atom. The van der Waals surface area contributed by atoms with Crippen LogP contribution in [0.2, 0.25) is 0 Å². The molecule has 1 N–H and O–H groups in total. The average molecular weight is 328 g/mol. The highest BCUT2D eigenvalue weighted by Gasteiger charge is 2.18. The first-order valence-electron chi connectivity index (χ1n) is 6.98. The van der Waals surface area contributed by atoms with Crippen molar-refractivity contribution in [1.82, 2.24) is 5.32 Å². The summed E-state index contributed by atoms with van der Waals surface area (Å²) < 4.78 is 12.7. The van der Waals surface area contributed by atoms with E-state index in [9.17, 15) is 0 Å². The van der Waals surface area contributed by atoms with E-state index in [2.05, 4.69) is 41.2 Å². The predicted molar refractivity (Wildman–Crippen MR) is 80.7 cm³/mol. The Kier molecular flexibility index (Phi) is 5.67. The molecular weight excluding hydrogens is 306 g/mol. The zero-order valence-corrected chi connectivity index (χ0v) is 13.2. The Labute approximate surface area is 123 Å². The fraction of sp³-hybridized carbons (Fsp3) is 0.600. The number of ether oxygens (including phenoxy) is 2. The Morgan fingerprint density at radius 2 is 2.37 bits per heavy atom. The van der Waals surface area contributed by atoms with Crippen LogP contribution >= 0.6 is 15.9 Å². The van der Waals surface area contributed by atoms with Crippen molar-refractivity contribution >= 4 is 15.9 Å². The molecule has 1 fully saturated rings. The first kappa shape index (κ1) is 14.8. The lowest BCUT2D eigenvalue weighted by atomic mass is 10.1. The summed E-state index contributed by atoms with van der Waals surface area (Å²) in [4.78, 5) is 0. The van der Waals surface area contributed by atoms with E-state index in [0.717, 1.165) is 36.2 Å². The molecule has 3 nitrogen and oxygen atoms in total. The minimum absolute atomic E-state index is 0.183. The molecule has 1 aliphatic rings. The average Bonchev–Trinajstić information content (AvgIpc) is 2.42. The van der Waals surface area contributed by atoms with Gasteiger partial charge >= 0.3 is 0 Å². The van der Waals surface area contributed by atoms with Crippen molar-refractivity contribution in [2.45, 2.75) is 38.8 Å². The molecule has 0 spiro atoms. The van der Waals surface area contributed by atoms with Gasteiger partial charge in [-0.05, 0) is 44.5 Å². The van der Waals surface area contributed by atoms with E-state index in [0.29, 0.717) is 6.61 Å². The van der Waals surface area contributed by atoms with E-state index < -0.39 is 0 Å². The maximum atomic E-state index is 6.12. The Balaban J connectivity index is 2.13. The zero-order chi connectivity index (χ0) is 13.7. The molecule has 0 bridgehead atoms. The molecule has 2 unspecified atom stereocenters. The molecule has 106 valence electrons. The van der Waals surface area contributed by atoms with Crippen molar-refractivity contribution in [1.29, 1.82) is 0 Å². The SMILES string of the molecule is CCNC(C)c1cc(Br)ccc1OC1CCCOC1. The maximum absolute atomic E-state index is 6.12. The highest BCUT2D eigenvalue weighted by Crippen LogP contribution is 2.30. The molecule has 1 aromatic carbocycles. The van der Waals surface area contributed by atoms with Crippen LogP contribution in [0.4, 0.5) is 0 Å². The molecule has 0 saturated carbocycles. The molecule has 1 aliphatic heterocycles. The van der Waals surface area contributed by atoms with Crippen LogP contribution < -0.4 is 10.1 Å². The first-order valence-corrected chi connectivity index (χ1v) is 7.77. The molecule has 1 heterocycles. The normalized spacial score (nSPS) is 21.1. The van der Waals surface area contributed by atoms with Gasteiger partial charge in [0.2, 0.25) is 0 Å². The molecule has 0 aliphatic carbocycles. The molecule has 0 amide bonds. The Bertz CT molecular complexity index is 405. The Morgan fingerprint density at radius 3 is 3.05 bits per heavy atom. The number of nitrogens with one attached hydrogen (secondary N) is 1. The summed E-state index contributed by atoms with van der Waals surface area (Å²) in [5.74, 6) is 0.965. The summed E-state index contributed by atoms with van der Waals surface area (Å²) in [5.41, 5.74) is 1.20. The van der Waals surface area contributed by atoms with E-state index in [1.54, 1.807) is 0 Å². The smallest absolute Gasteiger partial charge is 0.124 e. The van der Waals surface area contributed by atoms with Crippen molar-refractivity contribution in [2.24, 2.45) is 0 Å². The zero-order valence-electron chi connectivity index (χ0n) is 11.6. The summed E-state index contributed by atoms with van der Waals surface area (Å²) in [6, 6.07) is 6.48. The lowest BCUT2D eigenvalue weighted by Crippen LogP contribution is -2.29. The minimum atomic E-state index is 0.183. The van der Waals surface area contributed by atoms with Crippen molar-refractivity contribution in [3.63, 3.8) is 0 Å². The van der Waals surface area contributed by atoms with Gasteiger partial charge in [-0.3, -0.25) is 0 Å². The van der Waals surface area contributed by atoms with Crippen LogP contribution in [0.5, 0.6) is 5.75 Å². The quantitative estimate of drug-likeness (QED) is 0.894. The van der Waals surface area contributed by atoms with Crippen molar-refractivity contribution in [2.75, 3.05) is 19.8 Å². The second kappa shape index (κ2) is 7.27. The molecule has 0 aromatic heterocycles. The van der Waals surface area contributed by atoms with Gasteiger partial charge in [-0.25, -0.2) is 0 Å². The van der Waals surface area contributed by atoms with Gasteiger partial charge in [0, 0.05) is 22.7 Å². The third-order valence-electron chi connectivity index (χ3n) is 3.36. The highest BCUT2D eigenvalue weighted by atomic mass is 79.9. The highest BCUT2D eigenvalue weighted by molar-refractivity contribution is 9.10. The molecule has 2 rings (SSSR count). The van der Waals surface area contributed by atoms with E-state index in [1.165, 1.54) is 5.56 Å². The Hall–Kier alpha value is -0.580. The number of rotatable bonds is 5. The molecule has 4 heteroatoms. The van der Waals surface area contributed by atoms with E-state index >= 15 is 0 Å². The minimum Gasteiger partial charge on any atom is -0.488 e.